The predicted molar refractivity (Wildman–Crippen MR) is 73.0 cm³/mol. The zero-order chi connectivity index (χ0) is 15.3. The normalized spacial score (nSPS) is 19.5. The highest BCUT2D eigenvalue weighted by molar-refractivity contribution is 5.92. The topological polar surface area (TPSA) is 46.1 Å². The van der Waals surface area contributed by atoms with E-state index in [9.17, 15) is 18.0 Å². The summed E-state index contributed by atoms with van der Waals surface area (Å²) in [6, 6.07) is 2.86. The summed E-state index contributed by atoms with van der Waals surface area (Å²) in [6.07, 6.45) is 0.0500. The van der Waals surface area contributed by atoms with Crippen LogP contribution in [0.4, 0.5) is 13.2 Å². The molecule has 1 amide bonds. The van der Waals surface area contributed by atoms with Crippen molar-refractivity contribution in [1.82, 2.24) is 15.2 Å². The van der Waals surface area contributed by atoms with Gasteiger partial charge in [0.1, 0.15) is 12.2 Å². The second kappa shape index (κ2) is 6.98. The average molecular weight is 303 g/mol. The molecule has 0 spiro atoms. The molecule has 1 saturated heterocycles. The van der Waals surface area contributed by atoms with E-state index in [1.807, 2.05) is 0 Å². The standard InChI is InChI=1S/C14H20F3N3O/c15-14(16,17)10-20-8-2-4-12(20)13(21)19-7-5-11-3-1-6-18-9-11/h2,4,8,11,18H,1,3,5-7,9-10H2,(H,19,21). The van der Waals surface area contributed by atoms with Crippen molar-refractivity contribution < 1.29 is 18.0 Å². The van der Waals surface area contributed by atoms with E-state index < -0.39 is 18.6 Å². The third kappa shape index (κ3) is 5.08. The minimum Gasteiger partial charge on any atom is -0.351 e. The van der Waals surface area contributed by atoms with Crippen LogP contribution in [0, 0.1) is 5.92 Å². The maximum atomic E-state index is 12.4. The van der Waals surface area contributed by atoms with Crippen molar-refractivity contribution in [2.24, 2.45) is 5.92 Å². The third-order valence-electron chi connectivity index (χ3n) is 3.65. The van der Waals surface area contributed by atoms with Crippen LogP contribution in [0.3, 0.4) is 0 Å². The maximum absolute atomic E-state index is 12.4. The van der Waals surface area contributed by atoms with Gasteiger partial charge in [0.25, 0.3) is 5.91 Å². The number of hydrogen-bond donors (Lipinski definition) is 2. The molecule has 2 heterocycles. The minimum atomic E-state index is -4.33. The third-order valence-corrected chi connectivity index (χ3v) is 3.65. The van der Waals surface area contributed by atoms with Gasteiger partial charge in [-0.25, -0.2) is 0 Å². The van der Waals surface area contributed by atoms with Crippen LogP contribution >= 0.6 is 0 Å². The Balaban J connectivity index is 1.81. The molecule has 1 aliphatic rings. The van der Waals surface area contributed by atoms with Gasteiger partial charge in [0.15, 0.2) is 0 Å². The number of rotatable bonds is 5. The molecule has 1 fully saturated rings. The van der Waals surface area contributed by atoms with Gasteiger partial charge in [-0.15, -0.1) is 0 Å². The van der Waals surface area contributed by atoms with Gasteiger partial charge in [0, 0.05) is 12.7 Å². The second-order valence-corrected chi connectivity index (χ2v) is 5.39. The molecular weight excluding hydrogens is 283 g/mol. The highest BCUT2D eigenvalue weighted by atomic mass is 19.4. The molecule has 1 aromatic rings. The lowest BCUT2D eigenvalue weighted by Crippen LogP contribution is -2.34. The van der Waals surface area contributed by atoms with Crippen molar-refractivity contribution in [3.63, 3.8) is 0 Å². The first-order valence-electron chi connectivity index (χ1n) is 7.16. The van der Waals surface area contributed by atoms with Crippen molar-refractivity contribution in [2.45, 2.75) is 32.0 Å². The molecule has 1 aromatic heterocycles. The summed E-state index contributed by atoms with van der Waals surface area (Å²) in [5.41, 5.74) is 0.0501. The monoisotopic (exact) mass is 303 g/mol. The fourth-order valence-electron chi connectivity index (χ4n) is 2.60. The summed E-state index contributed by atoms with van der Waals surface area (Å²) in [5.74, 6) is 0.0778. The molecule has 7 heteroatoms. The second-order valence-electron chi connectivity index (χ2n) is 5.39. The van der Waals surface area contributed by atoms with E-state index in [1.165, 1.54) is 18.3 Å². The van der Waals surface area contributed by atoms with E-state index >= 15 is 0 Å². The van der Waals surface area contributed by atoms with Gasteiger partial charge in [-0.2, -0.15) is 13.2 Å². The smallest absolute Gasteiger partial charge is 0.351 e. The zero-order valence-electron chi connectivity index (χ0n) is 11.7. The summed E-state index contributed by atoms with van der Waals surface area (Å²) in [4.78, 5) is 11.9. The summed E-state index contributed by atoms with van der Waals surface area (Å²) >= 11 is 0. The number of hydrogen-bond acceptors (Lipinski definition) is 2. The number of aromatic nitrogens is 1. The van der Waals surface area contributed by atoms with Crippen LogP contribution in [0.5, 0.6) is 0 Å². The molecule has 2 rings (SSSR count). The molecule has 4 nitrogen and oxygen atoms in total. The SMILES string of the molecule is O=C(NCCC1CCCNC1)c1cccn1CC(F)(F)F. The number of piperidine rings is 1. The van der Waals surface area contributed by atoms with Gasteiger partial charge in [-0.3, -0.25) is 4.79 Å². The molecule has 0 radical (unpaired) electrons. The Morgan fingerprint density at radius 2 is 2.29 bits per heavy atom. The number of halogens is 3. The lowest BCUT2D eigenvalue weighted by Gasteiger charge is -2.22. The molecule has 2 N–H and O–H groups in total. The van der Waals surface area contributed by atoms with Crippen LogP contribution in [0.1, 0.15) is 29.8 Å². The number of nitrogens with zero attached hydrogens (tertiary/aromatic N) is 1. The van der Waals surface area contributed by atoms with Gasteiger partial charge in [0.2, 0.25) is 0 Å². The van der Waals surface area contributed by atoms with Gasteiger partial charge in [-0.05, 0) is 50.4 Å². The molecule has 0 saturated carbocycles. The summed E-state index contributed by atoms with van der Waals surface area (Å²) in [6.45, 7) is 1.33. The van der Waals surface area contributed by atoms with Crippen LogP contribution in [0.25, 0.3) is 0 Å². The van der Waals surface area contributed by atoms with Crippen LogP contribution in [-0.4, -0.2) is 36.3 Å². The molecule has 0 aromatic carbocycles. The number of carbonyl (C=O) groups is 1. The van der Waals surface area contributed by atoms with Crippen molar-refractivity contribution in [3.05, 3.63) is 24.0 Å². The quantitative estimate of drug-likeness (QED) is 0.876. The molecule has 0 bridgehead atoms. The molecule has 1 unspecified atom stereocenters. The number of carbonyl (C=O) groups excluding carboxylic acids is 1. The molecule has 118 valence electrons. The number of alkyl halides is 3. The average Bonchev–Trinajstić information content (AvgIpc) is 2.86. The molecule has 0 aliphatic carbocycles. The Bertz CT molecular complexity index is 464. The molecular formula is C14H20F3N3O. The fourth-order valence-corrected chi connectivity index (χ4v) is 2.60. The minimum absolute atomic E-state index is 0.0501. The predicted octanol–water partition coefficient (Wildman–Crippen LogP) is 2.17. The van der Waals surface area contributed by atoms with E-state index in [2.05, 4.69) is 10.6 Å². The van der Waals surface area contributed by atoms with Gasteiger partial charge >= 0.3 is 6.18 Å². The Kier molecular flexibility index (Phi) is 5.27. The van der Waals surface area contributed by atoms with E-state index in [4.69, 9.17) is 0 Å². The first kappa shape index (κ1) is 15.9. The van der Waals surface area contributed by atoms with E-state index in [0.717, 1.165) is 36.9 Å². The maximum Gasteiger partial charge on any atom is 0.406 e. The van der Waals surface area contributed by atoms with Crippen LogP contribution in [-0.2, 0) is 6.54 Å². The Morgan fingerprint density at radius 1 is 1.48 bits per heavy atom. The highest BCUT2D eigenvalue weighted by Gasteiger charge is 2.29. The van der Waals surface area contributed by atoms with Crippen molar-refractivity contribution in [2.75, 3.05) is 19.6 Å². The van der Waals surface area contributed by atoms with Crippen molar-refractivity contribution in [3.8, 4) is 0 Å². The van der Waals surface area contributed by atoms with Crippen molar-refractivity contribution in [1.29, 1.82) is 0 Å². The zero-order valence-corrected chi connectivity index (χ0v) is 11.7. The largest absolute Gasteiger partial charge is 0.406 e. The molecule has 1 atom stereocenters. The van der Waals surface area contributed by atoms with Crippen LogP contribution in [0.2, 0.25) is 0 Å². The van der Waals surface area contributed by atoms with Crippen molar-refractivity contribution >= 4 is 5.91 Å². The highest BCUT2D eigenvalue weighted by Crippen LogP contribution is 2.19. The Morgan fingerprint density at radius 3 is 2.95 bits per heavy atom. The summed E-state index contributed by atoms with van der Waals surface area (Å²) in [7, 11) is 0. The van der Waals surface area contributed by atoms with Gasteiger partial charge in [0.05, 0.1) is 0 Å². The van der Waals surface area contributed by atoms with Crippen LogP contribution in [0.15, 0.2) is 18.3 Å². The van der Waals surface area contributed by atoms with Gasteiger partial charge < -0.3 is 15.2 Å². The summed E-state index contributed by atoms with van der Waals surface area (Å²) < 4.78 is 38.1. The van der Waals surface area contributed by atoms with Crippen LogP contribution < -0.4 is 10.6 Å². The van der Waals surface area contributed by atoms with E-state index in [1.54, 1.807) is 0 Å². The lowest BCUT2D eigenvalue weighted by molar-refractivity contribution is -0.140. The van der Waals surface area contributed by atoms with E-state index in [-0.39, 0.29) is 5.69 Å². The molecule has 21 heavy (non-hydrogen) atoms. The first-order chi connectivity index (χ1) is 9.96. The fraction of sp³-hybridized carbons (Fsp3) is 0.643. The Hall–Kier alpha value is -1.50. The Labute approximate surface area is 121 Å². The summed E-state index contributed by atoms with van der Waals surface area (Å²) in [5, 5.41) is 6.00. The first-order valence-corrected chi connectivity index (χ1v) is 7.16. The number of nitrogens with one attached hydrogen (secondary N) is 2. The number of amides is 1. The van der Waals surface area contributed by atoms with E-state index in [0.29, 0.717) is 12.5 Å². The lowest BCUT2D eigenvalue weighted by atomic mass is 9.96. The molecule has 1 aliphatic heterocycles. The van der Waals surface area contributed by atoms with Gasteiger partial charge in [-0.1, -0.05) is 0 Å².